The first-order valence-electron chi connectivity index (χ1n) is 5.26. The van der Waals surface area contributed by atoms with Crippen LogP contribution in [0.2, 0.25) is 0 Å². The first kappa shape index (κ1) is 12.1. The lowest BCUT2D eigenvalue weighted by molar-refractivity contribution is 0.507. The fourth-order valence-corrected chi connectivity index (χ4v) is 1.57. The van der Waals surface area contributed by atoms with Crippen LogP contribution >= 0.6 is 0 Å². The van der Waals surface area contributed by atoms with Crippen LogP contribution in [0.4, 0.5) is 8.78 Å². The summed E-state index contributed by atoms with van der Waals surface area (Å²) >= 11 is 0. The molecule has 0 aliphatic carbocycles. The molecule has 2 aromatic rings. The Hall–Kier alpha value is -2.35. The summed E-state index contributed by atoms with van der Waals surface area (Å²) in [5.74, 6) is -2.67. The zero-order valence-electron chi connectivity index (χ0n) is 9.56. The molecule has 1 atom stereocenters. The van der Waals surface area contributed by atoms with Gasteiger partial charge < -0.3 is 0 Å². The van der Waals surface area contributed by atoms with Crippen LogP contribution in [-0.2, 0) is 0 Å². The fraction of sp³-hybridized carbons (Fsp3) is 0.154. The van der Waals surface area contributed by atoms with E-state index in [4.69, 9.17) is 5.26 Å². The molecule has 0 saturated heterocycles. The summed E-state index contributed by atoms with van der Waals surface area (Å²) in [6, 6.07) is 8.74. The minimum atomic E-state index is -0.979. The van der Waals surface area contributed by atoms with E-state index >= 15 is 0 Å². The molecule has 0 bridgehead atoms. The van der Waals surface area contributed by atoms with Crippen LogP contribution in [0.1, 0.15) is 22.9 Å². The van der Waals surface area contributed by atoms with Crippen molar-refractivity contribution in [2.24, 2.45) is 0 Å². The van der Waals surface area contributed by atoms with Crippen LogP contribution in [-0.4, -0.2) is 10.2 Å². The van der Waals surface area contributed by atoms with Gasteiger partial charge in [-0.25, -0.2) is 8.78 Å². The lowest BCUT2D eigenvalue weighted by atomic mass is 9.97. The van der Waals surface area contributed by atoms with E-state index < -0.39 is 17.6 Å². The van der Waals surface area contributed by atoms with Gasteiger partial charge in [0.2, 0.25) is 0 Å². The standard InChI is InChI=1S/C13H9F2N3/c1-8-2-5-13(18-17-8)10(7-16)9-3-4-11(14)12(15)6-9/h2-6,10H,1H3. The van der Waals surface area contributed by atoms with Gasteiger partial charge in [0.05, 0.1) is 17.5 Å². The molecule has 1 aromatic heterocycles. The maximum atomic E-state index is 13.1. The second-order valence-electron chi connectivity index (χ2n) is 3.84. The highest BCUT2D eigenvalue weighted by molar-refractivity contribution is 5.34. The molecule has 90 valence electrons. The zero-order valence-corrected chi connectivity index (χ0v) is 9.56. The highest BCUT2D eigenvalue weighted by Gasteiger charge is 2.17. The van der Waals surface area contributed by atoms with Crippen LogP contribution in [0.25, 0.3) is 0 Å². The lowest BCUT2D eigenvalue weighted by Crippen LogP contribution is -2.04. The van der Waals surface area contributed by atoms with Crippen molar-refractivity contribution in [1.29, 1.82) is 5.26 Å². The molecule has 1 unspecified atom stereocenters. The third-order valence-corrected chi connectivity index (χ3v) is 2.52. The quantitative estimate of drug-likeness (QED) is 0.817. The maximum Gasteiger partial charge on any atom is 0.159 e. The van der Waals surface area contributed by atoms with E-state index in [0.29, 0.717) is 11.3 Å². The Bertz CT molecular complexity index is 603. The number of hydrogen-bond donors (Lipinski definition) is 0. The van der Waals surface area contributed by atoms with E-state index in [0.717, 1.165) is 17.8 Å². The predicted octanol–water partition coefficient (Wildman–Crippen LogP) is 2.72. The first-order chi connectivity index (χ1) is 8.61. The molecular weight excluding hydrogens is 236 g/mol. The summed E-state index contributed by atoms with van der Waals surface area (Å²) in [4.78, 5) is 0. The summed E-state index contributed by atoms with van der Waals surface area (Å²) in [6.07, 6.45) is 0. The molecule has 0 spiro atoms. The molecule has 0 aliphatic rings. The van der Waals surface area contributed by atoms with Gasteiger partial charge in [0.15, 0.2) is 11.6 Å². The van der Waals surface area contributed by atoms with Crippen molar-refractivity contribution in [2.75, 3.05) is 0 Å². The highest BCUT2D eigenvalue weighted by Crippen LogP contribution is 2.23. The number of nitriles is 1. The van der Waals surface area contributed by atoms with Gasteiger partial charge in [0.1, 0.15) is 5.92 Å². The van der Waals surface area contributed by atoms with Crippen molar-refractivity contribution in [2.45, 2.75) is 12.8 Å². The van der Waals surface area contributed by atoms with E-state index in [-0.39, 0.29) is 0 Å². The second-order valence-corrected chi connectivity index (χ2v) is 3.84. The maximum absolute atomic E-state index is 13.1. The summed E-state index contributed by atoms with van der Waals surface area (Å²) in [5, 5.41) is 16.9. The SMILES string of the molecule is Cc1ccc(C(C#N)c2ccc(F)c(F)c2)nn1. The van der Waals surface area contributed by atoms with Crippen molar-refractivity contribution in [3.8, 4) is 6.07 Å². The van der Waals surface area contributed by atoms with Gasteiger partial charge in [-0.3, -0.25) is 0 Å². The Kier molecular flexibility index (Phi) is 3.28. The monoisotopic (exact) mass is 245 g/mol. The van der Waals surface area contributed by atoms with Crippen LogP contribution < -0.4 is 0 Å². The third-order valence-electron chi connectivity index (χ3n) is 2.52. The van der Waals surface area contributed by atoms with Crippen LogP contribution in [0.5, 0.6) is 0 Å². The Balaban J connectivity index is 2.42. The van der Waals surface area contributed by atoms with Crippen LogP contribution in [0.3, 0.4) is 0 Å². The van der Waals surface area contributed by atoms with Crippen molar-refractivity contribution in [3.05, 3.63) is 58.9 Å². The predicted molar refractivity (Wildman–Crippen MR) is 60.6 cm³/mol. The van der Waals surface area contributed by atoms with Crippen molar-refractivity contribution < 1.29 is 8.78 Å². The molecule has 3 nitrogen and oxygen atoms in total. The van der Waals surface area contributed by atoms with E-state index in [1.807, 2.05) is 6.07 Å². The van der Waals surface area contributed by atoms with Gasteiger partial charge in [-0.15, -0.1) is 0 Å². The normalized spacial score (nSPS) is 11.9. The molecule has 0 saturated carbocycles. The van der Waals surface area contributed by atoms with E-state index in [9.17, 15) is 8.78 Å². The minimum Gasteiger partial charge on any atom is -0.204 e. The van der Waals surface area contributed by atoms with Gasteiger partial charge in [-0.2, -0.15) is 15.5 Å². The van der Waals surface area contributed by atoms with E-state index in [2.05, 4.69) is 10.2 Å². The van der Waals surface area contributed by atoms with Gasteiger partial charge in [-0.05, 0) is 36.8 Å². The van der Waals surface area contributed by atoms with Crippen molar-refractivity contribution >= 4 is 0 Å². The summed E-state index contributed by atoms with van der Waals surface area (Å²) in [6.45, 7) is 1.77. The average molecular weight is 245 g/mol. The molecule has 1 heterocycles. The summed E-state index contributed by atoms with van der Waals surface area (Å²) < 4.78 is 26.0. The first-order valence-corrected chi connectivity index (χ1v) is 5.26. The number of aryl methyl sites for hydroxylation is 1. The molecule has 0 radical (unpaired) electrons. The van der Waals surface area contributed by atoms with Crippen LogP contribution in [0.15, 0.2) is 30.3 Å². The number of aromatic nitrogens is 2. The van der Waals surface area contributed by atoms with Gasteiger partial charge >= 0.3 is 0 Å². The Morgan fingerprint density at radius 1 is 1.11 bits per heavy atom. The summed E-state index contributed by atoms with van der Waals surface area (Å²) in [5.41, 5.74) is 1.49. The minimum absolute atomic E-state index is 0.356. The molecule has 18 heavy (non-hydrogen) atoms. The number of benzene rings is 1. The summed E-state index contributed by atoms with van der Waals surface area (Å²) in [7, 11) is 0. The molecular formula is C13H9F2N3. The molecule has 0 amide bonds. The molecule has 0 N–H and O–H groups in total. The largest absolute Gasteiger partial charge is 0.204 e. The fourth-order valence-electron chi connectivity index (χ4n) is 1.57. The van der Waals surface area contributed by atoms with Gasteiger partial charge in [-0.1, -0.05) is 6.07 Å². The second kappa shape index (κ2) is 4.88. The number of halogens is 2. The topological polar surface area (TPSA) is 49.6 Å². The third kappa shape index (κ3) is 2.33. The number of hydrogen-bond acceptors (Lipinski definition) is 3. The Morgan fingerprint density at radius 2 is 1.89 bits per heavy atom. The number of nitrogens with zero attached hydrogens (tertiary/aromatic N) is 3. The van der Waals surface area contributed by atoms with Crippen LogP contribution in [0, 0.1) is 29.9 Å². The van der Waals surface area contributed by atoms with E-state index in [1.165, 1.54) is 6.07 Å². The van der Waals surface area contributed by atoms with Crippen molar-refractivity contribution in [1.82, 2.24) is 10.2 Å². The molecule has 5 heteroatoms. The Morgan fingerprint density at radius 3 is 2.44 bits per heavy atom. The average Bonchev–Trinajstić information content (AvgIpc) is 2.37. The lowest BCUT2D eigenvalue weighted by Gasteiger charge is -2.08. The zero-order chi connectivity index (χ0) is 13.1. The van der Waals surface area contributed by atoms with Crippen molar-refractivity contribution in [3.63, 3.8) is 0 Å². The molecule has 0 fully saturated rings. The Labute approximate surface area is 103 Å². The van der Waals surface area contributed by atoms with E-state index in [1.54, 1.807) is 19.1 Å². The molecule has 2 rings (SSSR count). The smallest absolute Gasteiger partial charge is 0.159 e. The van der Waals surface area contributed by atoms with Gasteiger partial charge in [0, 0.05) is 0 Å². The number of rotatable bonds is 2. The van der Waals surface area contributed by atoms with Gasteiger partial charge in [0.25, 0.3) is 0 Å². The molecule has 0 aliphatic heterocycles. The molecule has 1 aromatic carbocycles. The highest BCUT2D eigenvalue weighted by atomic mass is 19.2.